The maximum atomic E-state index is 12.5. The number of likely N-dealkylation sites (tertiary alicyclic amines) is 1. The van der Waals surface area contributed by atoms with Crippen LogP contribution < -0.4 is 4.72 Å². The smallest absolute Gasteiger partial charge is 0.254 e. The Morgan fingerprint density at radius 2 is 1.92 bits per heavy atom. The van der Waals surface area contributed by atoms with E-state index >= 15 is 0 Å². The number of benzene rings is 1. The number of thiophene rings is 1. The Morgan fingerprint density at radius 3 is 2.60 bits per heavy atom. The largest absolute Gasteiger partial charge is 0.339 e. The Balaban J connectivity index is 1.65. The van der Waals surface area contributed by atoms with Crippen LogP contribution in [0.2, 0.25) is 0 Å². The number of hydrogen-bond donors (Lipinski definition) is 1. The Morgan fingerprint density at radius 1 is 1.24 bits per heavy atom. The number of rotatable bonds is 6. The van der Waals surface area contributed by atoms with Crippen molar-refractivity contribution in [2.75, 3.05) is 19.6 Å². The lowest BCUT2D eigenvalue weighted by Crippen LogP contribution is -2.28. The summed E-state index contributed by atoms with van der Waals surface area (Å²) in [6.07, 6.45) is 2.03. The molecule has 1 atom stereocenters. The van der Waals surface area contributed by atoms with Crippen molar-refractivity contribution in [2.24, 2.45) is 0 Å². The van der Waals surface area contributed by atoms with Gasteiger partial charge in [-0.3, -0.25) is 4.79 Å². The predicted molar refractivity (Wildman–Crippen MR) is 99.5 cm³/mol. The lowest BCUT2D eigenvalue weighted by Gasteiger charge is -2.14. The fourth-order valence-electron chi connectivity index (χ4n) is 2.88. The third-order valence-corrected chi connectivity index (χ3v) is 7.29. The Labute approximate surface area is 152 Å². The minimum absolute atomic E-state index is 0.0710. The molecule has 0 saturated carbocycles. The molecule has 0 spiro atoms. The molecule has 1 aromatic carbocycles. The van der Waals surface area contributed by atoms with E-state index in [0.717, 1.165) is 42.8 Å². The van der Waals surface area contributed by atoms with Crippen LogP contribution in [0.4, 0.5) is 0 Å². The van der Waals surface area contributed by atoms with E-state index in [9.17, 15) is 13.2 Å². The number of carbonyl (C=O) groups is 1. The van der Waals surface area contributed by atoms with Crippen LogP contribution in [0, 0.1) is 0 Å². The van der Waals surface area contributed by atoms with Gasteiger partial charge in [-0.15, -0.1) is 11.3 Å². The number of amides is 1. The first-order valence-corrected chi connectivity index (χ1v) is 10.8. The molecule has 2 heterocycles. The van der Waals surface area contributed by atoms with Crippen molar-refractivity contribution < 1.29 is 13.2 Å². The van der Waals surface area contributed by atoms with Crippen LogP contribution in [0.5, 0.6) is 0 Å². The fraction of sp³-hybridized carbons (Fsp3) is 0.389. The molecular formula is C18H22N2O3S2. The molecule has 1 N–H and O–H groups in total. The van der Waals surface area contributed by atoms with Crippen LogP contribution >= 0.6 is 11.3 Å². The molecule has 134 valence electrons. The van der Waals surface area contributed by atoms with E-state index in [0.29, 0.717) is 12.1 Å². The van der Waals surface area contributed by atoms with E-state index in [1.165, 1.54) is 6.07 Å². The van der Waals surface area contributed by atoms with Crippen molar-refractivity contribution in [3.63, 3.8) is 0 Å². The maximum absolute atomic E-state index is 12.5. The van der Waals surface area contributed by atoms with Crippen molar-refractivity contribution in [3.05, 3.63) is 52.9 Å². The van der Waals surface area contributed by atoms with Gasteiger partial charge in [-0.2, -0.15) is 0 Å². The number of sulfonamides is 1. The summed E-state index contributed by atoms with van der Waals surface area (Å²) in [5.41, 5.74) is 1.55. The lowest BCUT2D eigenvalue weighted by molar-refractivity contribution is 0.0793. The highest BCUT2D eigenvalue weighted by molar-refractivity contribution is 7.91. The normalized spacial score (nSPS) is 16.1. The molecule has 1 saturated heterocycles. The molecule has 0 radical (unpaired) electrons. The van der Waals surface area contributed by atoms with Gasteiger partial charge in [-0.05, 0) is 30.4 Å². The zero-order valence-corrected chi connectivity index (χ0v) is 15.8. The summed E-state index contributed by atoms with van der Waals surface area (Å²) < 4.78 is 27.8. The lowest BCUT2D eigenvalue weighted by atomic mass is 10.0. The topological polar surface area (TPSA) is 66.5 Å². The Hall–Kier alpha value is -1.70. The summed E-state index contributed by atoms with van der Waals surface area (Å²) in [6, 6.07) is 11.3. The standard InChI is InChI=1S/C18H22N2O3S2/c1-14(15-7-3-2-4-8-15)12-19-25(22,23)17-11-16(13-24-17)18(21)20-9-5-6-10-20/h2-4,7-8,11,13-14,19H,5-6,9-10,12H2,1H3/t14-/m0/s1. The van der Waals surface area contributed by atoms with E-state index in [4.69, 9.17) is 0 Å². The van der Waals surface area contributed by atoms with E-state index in [1.807, 2.05) is 37.3 Å². The molecule has 3 rings (SSSR count). The second-order valence-corrected chi connectivity index (χ2v) is 9.22. The van der Waals surface area contributed by atoms with Gasteiger partial charge < -0.3 is 4.90 Å². The average molecular weight is 379 g/mol. The second kappa shape index (κ2) is 7.68. The molecule has 0 bridgehead atoms. The van der Waals surface area contributed by atoms with Crippen LogP contribution in [-0.2, 0) is 10.0 Å². The highest BCUT2D eigenvalue weighted by atomic mass is 32.2. The van der Waals surface area contributed by atoms with Crippen LogP contribution in [0.25, 0.3) is 0 Å². The van der Waals surface area contributed by atoms with E-state index in [2.05, 4.69) is 4.72 Å². The fourth-order valence-corrected chi connectivity index (χ4v) is 5.21. The van der Waals surface area contributed by atoms with Gasteiger partial charge in [-0.1, -0.05) is 37.3 Å². The molecule has 7 heteroatoms. The Bertz CT molecular complexity index is 825. The minimum Gasteiger partial charge on any atom is -0.339 e. The van der Waals surface area contributed by atoms with Crippen molar-refractivity contribution in [3.8, 4) is 0 Å². The van der Waals surface area contributed by atoms with Gasteiger partial charge >= 0.3 is 0 Å². The highest BCUT2D eigenvalue weighted by Gasteiger charge is 2.24. The molecule has 1 amide bonds. The molecule has 5 nitrogen and oxygen atoms in total. The second-order valence-electron chi connectivity index (χ2n) is 6.32. The quantitative estimate of drug-likeness (QED) is 0.840. The Kier molecular flexibility index (Phi) is 5.56. The van der Waals surface area contributed by atoms with E-state index < -0.39 is 10.0 Å². The zero-order valence-electron chi connectivity index (χ0n) is 14.1. The summed E-state index contributed by atoms with van der Waals surface area (Å²) in [6.45, 7) is 3.81. The van der Waals surface area contributed by atoms with Crippen molar-refractivity contribution in [2.45, 2.75) is 29.9 Å². The molecule has 2 aromatic rings. The SMILES string of the molecule is C[C@@H](CNS(=O)(=O)c1cc(C(=O)N2CCCC2)cs1)c1ccccc1. The molecule has 1 aliphatic rings. The van der Waals surface area contributed by atoms with Gasteiger partial charge in [0.1, 0.15) is 4.21 Å². The maximum Gasteiger partial charge on any atom is 0.254 e. The number of nitrogens with one attached hydrogen (secondary N) is 1. The van der Waals surface area contributed by atoms with Gasteiger partial charge in [0.2, 0.25) is 10.0 Å². The van der Waals surface area contributed by atoms with Crippen molar-refractivity contribution in [1.29, 1.82) is 0 Å². The first kappa shape index (κ1) is 18.1. The number of carbonyl (C=O) groups excluding carboxylic acids is 1. The van der Waals surface area contributed by atoms with Crippen LogP contribution in [0.3, 0.4) is 0 Å². The van der Waals surface area contributed by atoms with Gasteiger partial charge in [0.05, 0.1) is 5.56 Å². The van der Waals surface area contributed by atoms with Gasteiger partial charge in [0.15, 0.2) is 0 Å². The number of nitrogens with zero attached hydrogens (tertiary/aromatic N) is 1. The summed E-state index contributed by atoms with van der Waals surface area (Å²) in [5.74, 6) is -0.00510. The third kappa shape index (κ3) is 4.29. The first-order valence-electron chi connectivity index (χ1n) is 8.40. The van der Waals surface area contributed by atoms with E-state index in [-0.39, 0.29) is 16.0 Å². The minimum atomic E-state index is -3.60. The van der Waals surface area contributed by atoms with Crippen LogP contribution in [-0.4, -0.2) is 38.9 Å². The van der Waals surface area contributed by atoms with Crippen molar-refractivity contribution >= 4 is 27.3 Å². The van der Waals surface area contributed by atoms with Crippen LogP contribution in [0.1, 0.15) is 41.6 Å². The summed E-state index contributed by atoms with van der Waals surface area (Å²) in [7, 11) is -3.60. The molecule has 0 unspecified atom stereocenters. The molecule has 1 aromatic heterocycles. The van der Waals surface area contributed by atoms with Gasteiger partial charge in [-0.25, -0.2) is 13.1 Å². The predicted octanol–water partition coefficient (Wildman–Crippen LogP) is 3.07. The van der Waals surface area contributed by atoms with Crippen LogP contribution in [0.15, 0.2) is 46.0 Å². The molecule has 0 aliphatic carbocycles. The van der Waals surface area contributed by atoms with E-state index in [1.54, 1.807) is 10.3 Å². The molecular weight excluding hydrogens is 356 g/mol. The number of hydrogen-bond acceptors (Lipinski definition) is 4. The average Bonchev–Trinajstić information content (AvgIpc) is 3.31. The molecule has 1 fully saturated rings. The highest BCUT2D eigenvalue weighted by Crippen LogP contribution is 2.23. The summed E-state index contributed by atoms with van der Waals surface area (Å²) in [5, 5.41) is 1.63. The van der Waals surface area contributed by atoms with Gasteiger partial charge in [0, 0.05) is 25.0 Å². The zero-order chi connectivity index (χ0) is 17.9. The van der Waals surface area contributed by atoms with Crippen molar-refractivity contribution in [1.82, 2.24) is 9.62 Å². The summed E-state index contributed by atoms with van der Waals surface area (Å²) in [4.78, 5) is 14.1. The monoisotopic (exact) mass is 378 g/mol. The molecule has 25 heavy (non-hydrogen) atoms. The third-order valence-electron chi connectivity index (χ3n) is 4.43. The summed E-state index contributed by atoms with van der Waals surface area (Å²) >= 11 is 1.09. The molecule has 1 aliphatic heterocycles. The van der Waals surface area contributed by atoms with Gasteiger partial charge in [0.25, 0.3) is 5.91 Å². The first-order chi connectivity index (χ1) is 12.0.